The number of aromatic nitrogens is 2. The monoisotopic (exact) mass is 290 g/mol. The van der Waals surface area contributed by atoms with Crippen LogP contribution in [0.4, 0.5) is 0 Å². The normalized spacial score (nSPS) is 11.5. The summed E-state index contributed by atoms with van der Waals surface area (Å²) in [5.74, 6) is 0. The van der Waals surface area contributed by atoms with Crippen molar-refractivity contribution < 1.29 is 0 Å². The van der Waals surface area contributed by atoms with E-state index >= 15 is 0 Å². The maximum absolute atomic E-state index is 4.14. The van der Waals surface area contributed by atoms with Crippen molar-refractivity contribution in [3.05, 3.63) is 46.6 Å². The van der Waals surface area contributed by atoms with Gasteiger partial charge in [0.25, 0.3) is 0 Å². The predicted molar refractivity (Wildman–Crippen MR) is 73.9 cm³/mol. The zero-order valence-electron chi connectivity index (χ0n) is 10.2. The van der Waals surface area contributed by atoms with Gasteiger partial charge in [-0.25, -0.2) is 0 Å². The fourth-order valence-electron chi connectivity index (χ4n) is 1.61. The molecule has 17 heavy (non-hydrogen) atoms. The molecule has 3 heteroatoms. The van der Waals surface area contributed by atoms with Crippen molar-refractivity contribution in [2.45, 2.75) is 26.2 Å². The molecule has 0 amide bonds. The summed E-state index contributed by atoms with van der Waals surface area (Å²) in [5, 5.41) is 8.14. The fraction of sp³-hybridized carbons (Fsp3) is 0.286. The Balaban J connectivity index is 2.33. The third-order valence-corrected chi connectivity index (χ3v) is 3.10. The minimum absolute atomic E-state index is 0.184. The van der Waals surface area contributed by atoms with Gasteiger partial charge in [-0.05, 0) is 39.0 Å². The van der Waals surface area contributed by atoms with E-state index in [4.69, 9.17) is 0 Å². The first kappa shape index (κ1) is 12.2. The highest BCUT2D eigenvalue weighted by atomic mass is 79.9. The molecule has 0 spiro atoms. The molecular formula is C14H15BrN2. The Morgan fingerprint density at radius 2 is 1.53 bits per heavy atom. The zero-order chi connectivity index (χ0) is 12.5. The lowest BCUT2D eigenvalue weighted by molar-refractivity contribution is 0.590. The van der Waals surface area contributed by atoms with Crippen LogP contribution in [-0.2, 0) is 5.41 Å². The van der Waals surface area contributed by atoms with E-state index in [0.717, 1.165) is 15.9 Å². The molecule has 0 unspecified atom stereocenters. The smallest absolute Gasteiger partial charge is 0.128 e. The molecule has 0 fully saturated rings. The molecule has 1 aromatic heterocycles. The van der Waals surface area contributed by atoms with Crippen molar-refractivity contribution in [1.29, 1.82) is 0 Å². The molecule has 2 nitrogen and oxygen atoms in total. The molecule has 2 aromatic rings. The molecule has 0 saturated heterocycles. The summed E-state index contributed by atoms with van der Waals surface area (Å²) in [7, 11) is 0. The maximum atomic E-state index is 4.14. The van der Waals surface area contributed by atoms with Gasteiger partial charge >= 0.3 is 0 Å². The van der Waals surface area contributed by atoms with E-state index in [9.17, 15) is 0 Å². The molecule has 0 aliphatic heterocycles. The van der Waals surface area contributed by atoms with Gasteiger partial charge in [0.05, 0.1) is 5.69 Å². The second-order valence-electron chi connectivity index (χ2n) is 5.07. The lowest BCUT2D eigenvalue weighted by Crippen LogP contribution is -2.10. The van der Waals surface area contributed by atoms with Crippen LogP contribution >= 0.6 is 15.9 Å². The molecule has 0 aliphatic carbocycles. The van der Waals surface area contributed by atoms with Crippen molar-refractivity contribution in [3.63, 3.8) is 0 Å². The minimum Gasteiger partial charge on any atom is -0.149 e. The van der Waals surface area contributed by atoms with Crippen LogP contribution < -0.4 is 0 Å². The average Bonchev–Trinajstić information content (AvgIpc) is 2.29. The van der Waals surface area contributed by atoms with Gasteiger partial charge in [-0.15, -0.1) is 10.2 Å². The summed E-state index contributed by atoms with van der Waals surface area (Å²) in [5.41, 5.74) is 3.50. The topological polar surface area (TPSA) is 25.8 Å². The lowest BCUT2D eigenvalue weighted by Gasteiger charge is -2.19. The molecule has 0 saturated carbocycles. The third kappa shape index (κ3) is 2.91. The quantitative estimate of drug-likeness (QED) is 0.786. The van der Waals surface area contributed by atoms with E-state index in [1.165, 1.54) is 5.56 Å². The van der Waals surface area contributed by atoms with Crippen molar-refractivity contribution in [3.8, 4) is 11.3 Å². The van der Waals surface area contributed by atoms with E-state index in [1.807, 2.05) is 12.1 Å². The summed E-state index contributed by atoms with van der Waals surface area (Å²) in [6, 6.07) is 12.4. The number of hydrogen-bond donors (Lipinski definition) is 0. The van der Waals surface area contributed by atoms with Gasteiger partial charge in [-0.2, -0.15) is 0 Å². The molecule has 0 atom stereocenters. The Kier molecular flexibility index (Phi) is 3.29. The van der Waals surface area contributed by atoms with Crippen LogP contribution in [0.3, 0.4) is 0 Å². The maximum Gasteiger partial charge on any atom is 0.128 e. The Hall–Kier alpha value is -1.22. The van der Waals surface area contributed by atoms with Gasteiger partial charge < -0.3 is 0 Å². The first-order chi connectivity index (χ1) is 7.97. The highest BCUT2D eigenvalue weighted by Gasteiger charge is 2.13. The van der Waals surface area contributed by atoms with Crippen molar-refractivity contribution >= 4 is 15.9 Å². The molecule has 0 radical (unpaired) electrons. The van der Waals surface area contributed by atoms with E-state index in [-0.39, 0.29) is 5.41 Å². The van der Waals surface area contributed by atoms with Crippen LogP contribution in [0.25, 0.3) is 11.3 Å². The highest BCUT2D eigenvalue weighted by Crippen LogP contribution is 2.25. The van der Waals surface area contributed by atoms with Gasteiger partial charge in [0.2, 0.25) is 0 Å². The Labute approximate surface area is 110 Å². The highest BCUT2D eigenvalue weighted by molar-refractivity contribution is 9.10. The van der Waals surface area contributed by atoms with Gasteiger partial charge in [-0.1, -0.05) is 45.0 Å². The standard InChI is InChI=1S/C14H15BrN2/c1-14(2,3)11-6-4-10(5-7-11)12-8-9-13(15)17-16-12/h4-9H,1-3H3. The molecule has 0 aliphatic rings. The summed E-state index contributed by atoms with van der Waals surface area (Å²) >= 11 is 3.28. The first-order valence-corrected chi connectivity index (χ1v) is 6.36. The lowest BCUT2D eigenvalue weighted by atomic mass is 9.86. The van der Waals surface area contributed by atoms with Crippen molar-refractivity contribution in [2.24, 2.45) is 0 Å². The number of rotatable bonds is 1. The zero-order valence-corrected chi connectivity index (χ0v) is 11.8. The summed E-state index contributed by atoms with van der Waals surface area (Å²) in [6.45, 7) is 6.63. The average molecular weight is 291 g/mol. The van der Waals surface area contributed by atoms with Crippen LogP contribution in [0, 0.1) is 0 Å². The first-order valence-electron chi connectivity index (χ1n) is 5.57. The summed E-state index contributed by atoms with van der Waals surface area (Å²) in [4.78, 5) is 0. The number of nitrogens with zero attached hydrogens (tertiary/aromatic N) is 2. The van der Waals surface area contributed by atoms with Gasteiger partial charge in [-0.3, -0.25) is 0 Å². The third-order valence-electron chi connectivity index (χ3n) is 2.68. The van der Waals surface area contributed by atoms with Gasteiger partial charge in [0, 0.05) is 5.56 Å². The van der Waals surface area contributed by atoms with Gasteiger partial charge in [0.1, 0.15) is 4.60 Å². The van der Waals surface area contributed by atoms with Crippen molar-refractivity contribution in [2.75, 3.05) is 0 Å². The molecule has 0 bridgehead atoms. The van der Waals surface area contributed by atoms with Crippen LogP contribution in [0.2, 0.25) is 0 Å². The molecule has 0 N–H and O–H groups in total. The minimum atomic E-state index is 0.184. The second kappa shape index (κ2) is 4.57. The molecule has 1 heterocycles. The van der Waals surface area contributed by atoms with Crippen LogP contribution in [0.1, 0.15) is 26.3 Å². The van der Waals surface area contributed by atoms with E-state index in [2.05, 4.69) is 71.2 Å². The van der Waals surface area contributed by atoms with Crippen LogP contribution in [0.15, 0.2) is 41.0 Å². The Morgan fingerprint density at radius 1 is 0.882 bits per heavy atom. The summed E-state index contributed by atoms with van der Waals surface area (Å²) < 4.78 is 0.757. The van der Waals surface area contributed by atoms with Crippen LogP contribution in [-0.4, -0.2) is 10.2 Å². The Morgan fingerprint density at radius 3 is 2.00 bits per heavy atom. The fourth-order valence-corrected chi connectivity index (χ4v) is 1.82. The van der Waals surface area contributed by atoms with E-state index in [1.54, 1.807) is 0 Å². The van der Waals surface area contributed by atoms with E-state index < -0.39 is 0 Å². The Bertz CT molecular complexity index is 495. The molecule has 88 valence electrons. The molecular weight excluding hydrogens is 276 g/mol. The summed E-state index contributed by atoms with van der Waals surface area (Å²) in [6.07, 6.45) is 0. The van der Waals surface area contributed by atoms with Crippen LogP contribution in [0.5, 0.6) is 0 Å². The number of hydrogen-bond acceptors (Lipinski definition) is 2. The molecule has 1 aromatic carbocycles. The second-order valence-corrected chi connectivity index (χ2v) is 5.88. The van der Waals surface area contributed by atoms with E-state index in [0.29, 0.717) is 0 Å². The number of benzene rings is 1. The van der Waals surface area contributed by atoms with Gasteiger partial charge in [0.15, 0.2) is 0 Å². The van der Waals surface area contributed by atoms with Crippen molar-refractivity contribution in [1.82, 2.24) is 10.2 Å². The largest absolute Gasteiger partial charge is 0.149 e. The number of halogens is 1. The molecule has 2 rings (SSSR count). The predicted octanol–water partition coefficient (Wildman–Crippen LogP) is 4.20. The SMILES string of the molecule is CC(C)(C)c1ccc(-c2ccc(Br)nn2)cc1.